The van der Waals surface area contributed by atoms with Crippen molar-refractivity contribution in [3.05, 3.63) is 69.8 Å². The molecule has 0 aliphatic heterocycles. The number of nitrogens with one attached hydrogen (secondary N) is 2. The van der Waals surface area contributed by atoms with Gasteiger partial charge in [0.05, 0.1) is 11.5 Å². The minimum absolute atomic E-state index is 0.0744. The maximum atomic E-state index is 11.0. The second-order valence-corrected chi connectivity index (χ2v) is 7.25. The van der Waals surface area contributed by atoms with Crippen molar-refractivity contribution in [1.29, 1.82) is 0 Å². The Balaban J connectivity index is 1.97. The molecule has 6 heteroatoms. The van der Waals surface area contributed by atoms with Crippen LogP contribution in [-0.2, 0) is 6.54 Å². The number of nitro benzene ring substituents is 1. The fourth-order valence-corrected chi connectivity index (χ4v) is 3.09. The zero-order valence-corrected chi connectivity index (χ0v) is 16.5. The van der Waals surface area contributed by atoms with E-state index in [9.17, 15) is 10.1 Å². The Hall–Kier alpha value is -2.44. The van der Waals surface area contributed by atoms with Crippen molar-refractivity contribution < 1.29 is 9.66 Å². The summed E-state index contributed by atoms with van der Waals surface area (Å²) in [6, 6.07) is 15.2. The van der Waals surface area contributed by atoms with Crippen LogP contribution in [0.5, 0.6) is 5.75 Å². The van der Waals surface area contributed by atoms with Gasteiger partial charge in [-0.3, -0.25) is 10.1 Å². The number of rotatable bonds is 10. The molecule has 0 bridgehead atoms. The van der Waals surface area contributed by atoms with Gasteiger partial charge in [0.1, 0.15) is 5.75 Å². The van der Waals surface area contributed by atoms with Gasteiger partial charge in [-0.15, -0.1) is 0 Å². The van der Waals surface area contributed by atoms with Gasteiger partial charge in [-0.1, -0.05) is 30.3 Å². The highest BCUT2D eigenvalue weighted by atomic mass is 16.6. The van der Waals surface area contributed by atoms with Gasteiger partial charge in [-0.25, -0.2) is 0 Å². The SMILES string of the molecule is CCOc1ccc([N+](=O)[O-])cc1CNCC(C)(C)NC(C)c1ccccc1. The van der Waals surface area contributed by atoms with Crippen LogP contribution in [0.3, 0.4) is 0 Å². The molecule has 0 amide bonds. The van der Waals surface area contributed by atoms with E-state index in [0.717, 1.165) is 5.56 Å². The lowest BCUT2D eigenvalue weighted by atomic mass is 10.0. The van der Waals surface area contributed by atoms with E-state index in [0.29, 0.717) is 25.4 Å². The van der Waals surface area contributed by atoms with Crippen LogP contribution in [-0.4, -0.2) is 23.6 Å². The van der Waals surface area contributed by atoms with Crippen LogP contribution in [0.2, 0.25) is 0 Å². The smallest absolute Gasteiger partial charge is 0.270 e. The van der Waals surface area contributed by atoms with Crippen molar-refractivity contribution in [2.75, 3.05) is 13.2 Å². The maximum absolute atomic E-state index is 11.0. The van der Waals surface area contributed by atoms with Gasteiger partial charge in [-0.2, -0.15) is 0 Å². The van der Waals surface area contributed by atoms with Crippen LogP contribution in [0.4, 0.5) is 5.69 Å². The van der Waals surface area contributed by atoms with Crippen molar-refractivity contribution in [1.82, 2.24) is 10.6 Å². The van der Waals surface area contributed by atoms with Crippen molar-refractivity contribution in [3.63, 3.8) is 0 Å². The summed E-state index contributed by atoms with van der Waals surface area (Å²) in [5.41, 5.74) is 1.95. The Kier molecular flexibility index (Phi) is 7.33. The summed E-state index contributed by atoms with van der Waals surface area (Å²) >= 11 is 0. The molecule has 27 heavy (non-hydrogen) atoms. The molecular weight excluding hydrogens is 342 g/mol. The summed E-state index contributed by atoms with van der Waals surface area (Å²) < 4.78 is 5.60. The largest absolute Gasteiger partial charge is 0.494 e. The normalized spacial score (nSPS) is 12.6. The number of non-ortho nitro benzene ring substituents is 1. The van der Waals surface area contributed by atoms with E-state index in [2.05, 4.69) is 43.5 Å². The molecule has 2 aromatic rings. The summed E-state index contributed by atoms with van der Waals surface area (Å²) in [4.78, 5) is 10.7. The Morgan fingerprint density at radius 2 is 1.89 bits per heavy atom. The molecule has 0 aliphatic carbocycles. The Morgan fingerprint density at radius 1 is 1.19 bits per heavy atom. The summed E-state index contributed by atoms with van der Waals surface area (Å²) in [6.07, 6.45) is 0. The lowest BCUT2D eigenvalue weighted by molar-refractivity contribution is -0.384. The first-order chi connectivity index (χ1) is 12.8. The Bertz CT molecular complexity index is 748. The molecule has 0 saturated heterocycles. The third-order valence-corrected chi connectivity index (χ3v) is 4.34. The molecule has 0 aromatic heterocycles. The second kappa shape index (κ2) is 9.48. The highest BCUT2D eigenvalue weighted by Crippen LogP contribution is 2.24. The third-order valence-electron chi connectivity index (χ3n) is 4.34. The molecule has 146 valence electrons. The first-order valence-corrected chi connectivity index (χ1v) is 9.26. The molecule has 0 spiro atoms. The molecule has 0 heterocycles. The highest BCUT2D eigenvalue weighted by molar-refractivity contribution is 5.43. The molecule has 2 N–H and O–H groups in total. The van der Waals surface area contributed by atoms with Gasteiger partial charge in [-0.05, 0) is 39.3 Å². The number of nitrogens with zero attached hydrogens (tertiary/aromatic N) is 1. The summed E-state index contributed by atoms with van der Waals surface area (Å²) in [5, 5.41) is 18.1. The maximum Gasteiger partial charge on any atom is 0.270 e. The summed E-state index contributed by atoms with van der Waals surface area (Å²) in [5.74, 6) is 0.680. The lowest BCUT2D eigenvalue weighted by Gasteiger charge is -2.31. The monoisotopic (exact) mass is 371 g/mol. The topological polar surface area (TPSA) is 76.4 Å². The summed E-state index contributed by atoms with van der Waals surface area (Å²) in [7, 11) is 0. The average molecular weight is 371 g/mol. The molecule has 0 fully saturated rings. The van der Waals surface area contributed by atoms with E-state index < -0.39 is 0 Å². The number of hydrogen-bond donors (Lipinski definition) is 2. The third kappa shape index (κ3) is 6.34. The van der Waals surface area contributed by atoms with E-state index in [1.54, 1.807) is 12.1 Å². The standard InChI is InChI=1S/C21H29N3O3/c1-5-27-20-12-11-19(24(25)26)13-18(20)14-22-15-21(3,4)23-16(2)17-9-7-6-8-10-17/h6-13,16,22-23H,5,14-15H2,1-4H3. The fourth-order valence-electron chi connectivity index (χ4n) is 3.09. The zero-order chi connectivity index (χ0) is 19.9. The number of hydrogen-bond acceptors (Lipinski definition) is 5. The predicted molar refractivity (Wildman–Crippen MR) is 108 cm³/mol. The molecule has 2 aromatic carbocycles. The molecule has 1 atom stereocenters. The van der Waals surface area contributed by atoms with Gasteiger partial charge < -0.3 is 15.4 Å². The van der Waals surface area contributed by atoms with Crippen molar-refractivity contribution >= 4 is 5.69 Å². The molecule has 6 nitrogen and oxygen atoms in total. The predicted octanol–water partition coefficient (Wildman–Crippen LogP) is 4.21. The van der Waals surface area contributed by atoms with Gasteiger partial charge in [0.15, 0.2) is 0 Å². The van der Waals surface area contributed by atoms with Gasteiger partial charge in [0.25, 0.3) is 5.69 Å². The van der Waals surface area contributed by atoms with E-state index in [1.807, 2.05) is 25.1 Å². The lowest BCUT2D eigenvalue weighted by Crippen LogP contribution is -2.48. The van der Waals surface area contributed by atoms with Crippen LogP contribution < -0.4 is 15.4 Å². The molecule has 0 aliphatic rings. The zero-order valence-electron chi connectivity index (χ0n) is 16.5. The summed E-state index contributed by atoms with van der Waals surface area (Å²) in [6.45, 7) is 10.0. The van der Waals surface area contributed by atoms with E-state index in [1.165, 1.54) is 11.6 Å². The first kappa shape index (κ1) is 20.9. The highest BCUT2D eigenvalue weighted by Gasteiger charge is 2.21. The van der Waals surface area contributed by atoms with Gasteiger partial charge >= 0.3 is 0 Å². The number of nitro groups is 1. The minimum Gasteiger partial charge on any atom is -0.494 e. The van der Waals surface area contributed by atoms with Crippen LogP contribution in [0.25, 0.3) is 0 Å². The van der Waals surface area contributed by atoms with Gasteiger partial charge in [0, 0.05) is 42.4 Å². The minimum atomic E-state index is -0.383. The second-order valence-electron chi connectivity index (χ2n) is 7.25. The Labute approximate surface area is 161 Å². The van der Waals surface area contributed by atoms with Gasteiger partial charge in [0.2, 0.25) is 0 Å². The molecular formula is C21H29N3O3. The molecule has 2 rings (SSSR count). The number of benzene rings is 2. The quantitative estimate of drug-likeness (QED) is 0.483. The van der Waals surface area contributed by atoms with Crippen LogP contribution in [0.15, 0.2) is 48.5 Å². The molecule has 1 unspecified atom stereocenters. The first-order valence-electron chi connectivity index (χ1n) is 9.26. The van der Waals surface area contributed by atoms with Crippen LogP contribution in [0, 0.1) is 10.1 Å². The van der Waals surface area contributed by atoms with Crippen LogP contribution in [0.1, 0.15) is 44.9 Å². The van der Waals surface area contributed by atoms with E-state index in [-0.39, 0.29) is 22.2 Å². The van der Waals surface area contributed by atoms with Crippen molar-refractivity contribution in [2.24, 2.45) is 0 Å². The van der Waals surface area contributed by atoms with E-state index >= 15 is 0 Å². The van der Waals surface area contributed by atoms with Crippen molar-refractivity contribution in [2.45, 2.75) is 45.8 Å². The van der Waals surface area contributed by atoms with E-state index in [4.69, 9.17) is 4.74 Å². The number of ether oxygens (including phenoxy) is 1. The Morgan fingerprint density at radius 3 is 2.52 bits per heavy atom. The van der Waals surface area contributed by atoms with Crippen molar-refractivity contribution in [3.8, 4) is 5.75 Å². The van der Waals surface area contributed by atoms with Crippen LogP contribution >= 0.6 is 0 Å². The average Bonchev–Trinajstić information content (AvgIpc) is 2.63. The molecule has 0 radical (unpaired) electrons. The fraction of sp³-hybridized carbons (Fsp3) is 0.429. The molecule has 0 saturated carbocycles.